The molecule has 0 amide bonds. The van der Waals surface area contributed by atoms with Crippen molar-refractivity contribution in [2.75, 3.05) is 18.6 Å². The summed E-state index contributed by atoms with van der Waals surface area (Å²) in [4.78, 5) is 0.0402. The van der Waals surface area contributed by atoms with Crippen molar-refractivity contribution in [3.8, 4) is 6.07 Å². The zero-order chi connectivity index (χ0) is 12.9. The molecule has 1 aromatic rings. The summed E-state index contributed by atoms with van der Waals surface area (Å²) in [6.07, 6.45) is 1.50. The number of nitrogens with one attached hydrogen (secondary N) is 1. The van der Waals surface area contributed by atoms with Crippen LogP contribution >= 0.6 is 0 Å². The van der Waals surface area contributed by atoms with E-state index in [1.807, 2.05) is 6.07 Å². The van der Waals surface area contributed by atoms with Crippen molar-refractivity contribution < 1.29 is 12.6 Å². The lowest BCUT2D eigenvalue weighted by Crippen LogP contribution is -2.27. The Morgan fingerprint density at radius 2 is 2.18 bits per heavy atom. The Hall–Kier alpha value is -1.23. The lowest BCUT2D eigenvalue weighted by atomic mass is 10.2. The number of nitrogens with zero attached hydrogens (tertiary/aromatic N) is 1. The van der Waals surface area contributed by atoms with Crippen molar-refractivity contribution in [2.45, 2.75) is 4.90 Å². The van der Waals surface area contributed by atoms with E-state index in [1.165, 1.54) is 30.5 Å². The van der Waals surface area contributed by atoms with Gasteiger partial charge in [-0.2, -0.15) is 5.26 Å². The Morgan fingerprint density at radius 1 is 1.47 bits per heavy atom. The molecular weight excluding hydrogens is 260 g/mol. The van der Waals surface area contributed by atoms with E-state index in [0.29, 0.717) is 0 Å². The van der Waals surface area contributed by atoms with E-state index in [0.717, 1.165) is 0 Å². The SMILES string of the molecule is CS(=O)CCNS(=O)(=O)c1cccc(C#N)c1. The zero-order valence-electron chi connectivity index (χ0n) is 9.21. The molecule has 17 heavy (non-hydrogen) atoms. The molecule has 0 aliphatic heterocycles. The van der Waals surface area contributed by atoms with Crippen LogP contribution in [0.2, 0.25) is 0 Å². The molecule has 1 rings (SSSR count). The maximum atomic E-state index is 11.8. The summed E-state index contributed by atoms with van der Waals surface area (Å²) in [6.45, 7) is 0.113. The van der Waals surface area contributed by atoms with Crippen molar-refractivity contribution in [3.63, 3.8) is 0 Å². The van der Waals surface area contributed by atoms with Crippen LogP contribution in [0.1, 0.15) is 5.56 Å². The molecule has 0 spiro atoms. The minimum atomic E-state index is -3.62. The Morgan fingerprint density at radius 3 is 2.76 bits per heavy atom. The van der Waals surface area contributed by atoms with E-state index in [-0.39, 0.29) is 22.8 Å². The smallest absolute Gasteiger partial charge is 0.240 e. The Balaban J connectivity index is 2.83. The van der Waals surface area contributed by atoms with Gasteiger partial charge in [0.05, 0.1) is 16.5 Å². The zero-order valence-corrected chi connectivity index (χ0v) is 10.8. The van der Waals surface area contributed by atoms with Crippen LogP contribution in [0, 0.1) is 11.3 Å². The first-order valence-electron chi connectivity index (χ1n) is 4.75. The summed E-state index contributed by atoms with van der Waals surface area (Å²) in [5, 5.41) is 8.67. The van der Waals surface area contributed by atoms with Gasteiger partial charge < -0.3 is 0 Å². The fourth-order valence-electron chi connectivity index (χ4n) is 1.14. The molecule has 0 fully saturated rings. The van der Waals surface area contributed by atoms with E-state index < -0.39 is 20.8 Å². The van der Waals surface area contributed by atoms with E-state index in [2.05, 4.69) is 4.72 Å². The van der Waals surface area contributed by atoms with Gasteiger partial charge in [-0.3, -0.25) is 4.21 Å². The van der Waals surface area contributed by atoms with E-state index in [9.17, 15) is 12.6 Å². The topological polar surface area (TPSA) is 87.0 Å². The predicted molar refractivity (Wildman–Crippen MR) is 65.3 cm³/mol. The standard InChI is InChI=1S/C10H12N2O3S2/c1-16(13)6-5-12-17(14,15)10-4-2-3-9(7-10)8-11/h2-4,7,12H,5-6H2,1H3. The monoisotopic (exact) mass is 272 g/mol. The number of hydrogen-bond acceptors (Lipinski definition) is 4. The lowest BCUT2D eigenvalue weighted by molar-refractivity contribution is 0.584. The molecule has 92 valence electrons. The first-order valence-corrected chi connectivity index (χ1v) is 7.96. The molecule has 1 aromatic carbocycles. The Kier molecular flexibility index (Phi) is 4.81. The van der Waals surface area contributed by atoms with Crippen LogP contribution in [0.4, 0.5) is 0 Å². The van der Waals surface area contributed by atoms with Crippen LogP contribution in [0.5, 0.6) is 0 Å². The Bertz CT molecular complexity index is 561. The average molecular weight is 272 g/mol. The summed E-state index contributed by atoms with van der Waals surface area (Å²) >= 11 is 0. The van der Waals surface area contributed by atoms with Gasteiger partial charge in [-0.1, -0.05) is 6.07 Å². The quantitative estimate of drug-likeness (QED) is 0.830. The van der Waals surface area contributed by atoms with Crippen molar-refractivity contribution in [1.29, 1.82) is 5.26 Å². The van der Waals surface area contributed by atoms with Crippen LogP contribution < -0.4 is 4.72 Å². The van der Waals surface area contributed by atoms with Crippen LogP contribution in [0.25, 0.3) is 0 Å². The van der Waals surface area contributed by atoms with Gasteiger partial charge in [0.15, 0.2) is 0 Å². The highest BCUT2D eigenvalue weighted by atomic mass is 32.2. The molecule has 0 aliphatic carbocycles. The second-order valence-corrected chi connectivity index (χ2v) is 6.64. The second kappa shape index (κ2) is 5.91. The summed E-state index contributed by atoms with van der Waals surface area (Å²) in [5.41, 5.74) is 0.284. The van der Waals surface area contributed by atoms with Gasteiger partial charge in [0.1, 0.15) is 0 Å². The molecule has 0 aromatic heterocycles. The minimum absolute atomic E-state index is 0.0402. The largest absolute Gasteiger partial charge is 0.260 e. The first kappa shape index (κ1) is 13.8. The summed E-state index contributed by atoms with van der Waals surface area (Å²) < 4.78 is 36.7. The molecule has 0 bridgehead atoms. The highest BCUT2D eigenvalue weighted by Gasteiger charge is 2.13. The van der Waals surface area contributed by atoms with E-state index in [4.69, 9.17) is 5.26 Å². The average Bonchev–Trinajstić information content (AvgIpc) is 2.28. The normalized spacial score (nSPS) is 12.9. The minimum Gasteiger partial charge on any atom is -0.260 e. The van der Waals surface area contributed by atoms with Crippen molar-refractivity contribution in [1.82, 2.24) is 4.72 Å². The number of nitriles is 1. The number of benzene rings is 1. The molecule has 5 nitrogen and oxygen atoms in total. The Labute approximate surface area is 103 Å². The van der Waals surface area contributed by atoms with Gasteiger partial charge >= 0.3 is 0 Å². The van der Waals surface area contributed by atoms with Crippen LogP contribution in [-0.2, 0) is 20.8 Å². The highest BCUT2D eigenvalue weighted by molar-refractivity contribution is 7.89. The molecule has 0 radical (unpaired) electrons. The molecule has 0 saturated heterocycles. The number of rotatable bonds is 5. The molecule has 1 N–H and O–H groups in total. The van der Waals surface area contributed by atoms with Gasteiger partial charge in [-0.05, 0) is 18.2 Å². The number of sulfonamides is 1. The number of hydrogen-bond donors (Lipinski definition) is 1. The first-order chi connectivity index (χ1) is 7.95. The molecular formula is C10H12N2O3S2. The molecule has 1 atom stereocenters. The molecule has 0 heterocycles. The van der Waals surface area contributed by atoms with Crippen molar-refractivity contribution >= 4 is 20.8 Å². The fraction of sp³-hybridized carbons (Fsp3) is 0.300. The highest BCUT2D eigenvalue weighted by Crippen LogP contribution is 2.10. The third kappa shape index (κ3) is 4.26. The third-order valence-electron chi connectivity index (χ3n) is 1.96. The maximum Gasteiger partial charge on any atom is 0.240 e. The maximum absolute atomic E-state index is 11.8. The van der Waals surface area contributed by atoms with Gasteiger partial charge in [-0.15, -0.1) is 0 Å². The summed E-state index contributed by atoms with van der Waals surface area (Å²) in [6, 6.07) is 7.61. The van der Waals surface area contributed by atoms with Crippen LogP contribution in [-0.4, -0.2) is 31.2 Å². The predicted octanol–water partition coefficient (Wildman–Crippen LogP) is 0.215. The van der Waals surface area contributed by atoms with Gasteiger partial charge in [0, 0.05) is 29.4 Å². The summed E-state index contributed by atoms with van der Waals surface area (Å²) in [5.74, 6) is 0.261. The van der Waals surface area contributed by atoms with Crippen molar-refractivity contribution in [3.05, 3.63) is 29.8 Å². The second-order valence-electron chi connectivity index (χ2n) is 3.31. The molecule has 1 unspecified atom stereocenters. The van der Waals surface area contributed by atoms with Crippen molar-refractivity contribution in [2.24, 2.45) is 0 Å². The van der Waals surface area contributed by atoms with Crippen LogP contribution in [0.15, 0.2) is 29.2 Å². The van der Waals surface area contributed by atoms with Crippen LogP contribution in [0.3, 0.4) is 0 Å². The molecule has 0 saturated carbocycles. The van der Waals surface area contributed by atoms with Gasteiger partial charge in [0.25, 0.3) is 0 Å². The van der Waals surface area contributed by atoms with Gasteiger partial charge in [0.2, 0.25) is 10.0 Å². The fourth-order valence-corrected chi connectivity index (χ4v) is 2.73. The molecule has 7 heteroatoms. The lowest BCUT2D eigenvalue weighted by Gasteiger charge is -2.05. The van der Waals surface area contributed by atoms with Gasteiger partial charge in [-0.25, -0.2) is 13.1 Å². The molecule has 0 aliphatic rings. The van der Waals surface area contributed by atoms with E-state index in [1.54, 1.807) is 0 Å². The van der Waals surface area contributed by atoms with E-state index >= 15 is 0 Å². The third-order valence-corrected chi connectivity index (χ3v) is 4.19. The summed E-state index contributed by atoms with van der Waals surface area (Å²) in [7, 11) is -4.67.